The van der Waals surface area contributed by atoms with E-state index in [0.717, 1.165) is 5.56 Å². The quantitative estimate of drug-likeness (QED) is 0.614. The second kappa shape index (κ2) is 9.87. The molecule has 0 bridgehead atoms. The molecule has 1 aromatic heterocycles. The minimum absolute atomic E-state index is 0.0381. The standard InChI is InChI=1S/C23H30ClN3O5S/c1-6-32-23(29)20-15(3)26(5)16(4)21(20)33(30,31)27-11-7-8-17(13-27)22(28)25-19-10-9-18(24)12-14(19)2/h9-10,12,17H,6-8,11,13H2,1-5H3,(H,25,28). The van der Waals surface area contributed by atoms with Crippen LogP contribution in [0.15, 0.2) is 23.1 Å². The third-order valence-electron chi connectivity index (χ3n) is 6.20. The molecule has 33 heavy (non-hydrogen) atoms. The fourth-order valence-corrected chi connectivity index (χ4v) is 6.41. The second-order valence-corrected chi connectivity index (χ2v) is 10.6. The third kappa shape index (κ3) is 4.95. The molecule has 1 fully saturated rings. The maximum Gasteiger partial charge on any atom is 0.341 e. The smallest absolute Gasteiger partial charge is 0.341 e. The Morgan fingerprint density at radius 2 is 1.91 bits per heavy atom. The van der Waals surface area contributed by atoms with Gasteiger partial charge in [-0.15, -0.1) is 0 Å². The summed E-state index contributed by atoms with van der Waals surface area (Å²) >= 11 is 5.99. The van der Waals surface area contributed by atoms with Gasteiger partial charge in [0.15, 0.2) is 0 Å². The first-order valence-corrected chi connectivity index (χ1v) is 12.7. The molecule has 1 saturated heterocycles. The topological polar surface area (TPSA) is 97.7 Å². The number of sulfonamides is 1. The van der Waals surface area contributed by atoms with Gasteiger partial charge in [-0.05, 0) is 64.3 Å². The van der Waals surface area contributed by atoms with Gasteiger partial charge in [0, 0.05) is 42.2 Å². The highest BCUT2D eigenvalue weighted by Crippen LogP contribution is 2.32. The number of carbonyl (C=O) groups excluding carboxylic acids is 2. The number of hydrogen-bond donors (Lipinski definition) is 1. The molecule has 1 aliphatic rings. The molecular weight excluding hydrogens is 466 g/mol. The van der Waals surface area contributed by atoms with Crippen molar-refractivity contribution in [3.8, 4) is 0 Å². The lowest BCUT2D eigenvalue weighted by Crippen LogP contribution is -2.44. The summed E-state index contributed by atoms with van der Waals surface area (Å²) in [5.74, 6) is -1.42. The van der Waals surface area contributed by atoms with E-state index in [2.05, 4.69) is 5.32 Å². The van der Waals surface area contributed by atoms with Crippen LogP contribution in [-0.4, -0.2) is 48.9 Å². The van der Waals surface area contributed by atoms with Crippen LogP contribution in [-0.2, 0) is 26.6 Å². The molecule has 10 heteroatoms. The Balaban J connectivity index is 1.88. The Labute approximate surface area is 199 Å². The number of benzene rings is 1. The van der Waals surface area contributed by atoms with Crippen LogP contribution in [0.4, 0.5) is 5.69 Å². The first-order chi connectivity index (χ1) is 15.5. The van der Waals surface area contributed by atoms with Gasteiger partial charge < -0.3 is 14.6 Å². The molecule has 1 unspecified atom stereocenters. The van der Waals surface area contributed by atoms with Gasteiger partial charge >= 0.3 is 5.97 Å². The van der Waals surface area contributed by atoms with E-state index in [1.165, 1.54) is 4.31 Å². The van der Waals surface area contributed by atoms with Crippen molar-refractivity contribution in [3.63, 3.8) is 0 Å². The molecule has 8 nitrogen and oxygen atoms in total. The highest BCUT2D eigenvalue weighted by Gasteiger charge is 2.39. The van der Waals surface area contributed by atoms with Crippen molar-refractivity contribution in [1.82, 2.24) is 8.87 Å². The molecule has 180 valence electrons. The number of ether oxygens (including phenoxy) is 1. The summed E-state index contributed by atoms with van der Waals surface area (Å²) < 4.78 is 35.5. The van der Waals surface area contributed by atoms with Gasteiger partial charge in [0.2, 0.25) is 15.9 Å². The number of anilines is 1. The third-order valence-corrected chi connectivity index (χ3v) is 8.46. The number of amides is 1. The van der Waals surface area contributed by atoms with E-state index in [4.69, 9.17) is 16.3 Å². The van der Waals surface area contributed by atoms with Gasteiger partial charge in [-0.2, -0.15) is 4.31 Å². The monoisotopic (exact) mass is 495 g/mol. The summed E-state index contributed by atoms with van der Waals surface area (Å²) in [6, 6.07) is 5.18. The van der Waals surface area contributed by atoms with E-state index in [9.17, 15) is 18.0 Å². The fourth-order valence-electron chi connectivity index (χ4n) is 4.18. The van der Waals surface area contributed by atoms with Gasteiger partial charge in [0.25, 0.3) is 0 Å². The molecule has 1 aliphatic heterocycles. The Bertz CT molecular complexity index is 1190. The number of aryl methyl sites for hydroxylation is 1. The number of hydrogen-bond acceptors (Lipinski definition) is 5. The zero-order valence-electron chi connectivity index (χ0n) is 19.6. The molecule has 0 saturated carbocycles. The SMILES string of the molecule is CCOC(=O)c1c(S(=O)(=O)N2CCCC(C(=O)Nc3ccc(Cl)cc3C)C2)c(C)n(C)c1C. The van der Waals surface area contributed by atoms with E-state index in [-0.39, 0.29) is 36.1 Å². The lowest BCUT2D eigenvalue weighted by molar-refractivity contribution is -0.120. The predicted octanol–water partition coefficient (Wildman–Crippen LogP) is 3.82. The first-order valence-electron chi connectivity index (χ1n) is 10.9. The van der Waals surface area contributed by atoms with Crippen molar-refractivity contribution < 1.29 is 22.7 Å². The van der Waals surface area contributed by atoms with E-state index >= 15 is 0 Å². The van der Waals surface area contributed by atoms with Crippen molar-refractivity contribution in [2.24, 2.45) is 13.0 Å². The van der Waals surface area contributed by atoms with Gasteiger partial charge in [0.05, 0.1) is 12.5 Å². The van der Waals surface area contributed by atoms with Crippen molar-refractivity contribution >= 4 is 39.2 Å². The van der Waals surface area contributed by atoms with Crippen LogP contribution in [0.25, 0.3) is 0 Å². The molecule has 1 N–H and O–H groups in total. The Morgan fingerprint density at radius 3 is 2.55 bits per heavy atom. The average Bonchev–Trinajstić information content (AvgIpc) is 3.00. The maximum atomic E-state index is 13.7. The Kier molecular flexibility index (Phi) is 7.55. The second-order valence-electron chi connectivity index (χ2n) is 8.31. The van der Waals surface area contributed by atoms with E-state index < -0.39 is 21.9 Å². The number of carbonyl (C=O) groups is 2. The summed E-state index contributed by atoms with van der Waals surface area (Å²) in [6.45, 7) is 7.34. The first kappa shape index (κ1) is 25.3. The number of rotatable bonds is 6. The highest BCUT2D eigenvalue weighted by atomic mass is 35.5. The highest BCUT2D eigenvalue weighted by molar-refractivity contribution is 7.89. The minimum atomic E-state index is -4.03. The molecule has 3 rings (SSSR count). The summed E-state index contributed by atoms with van der Waals surface area (Å²) in [6.07, 6.45) is 1.11. The molecule has 0 spiro atoms. The maximum absolute atomic E-state index is 13.7. The molecule has 1 atom stereocenters. The summed E-state index contributed by atoms with van der Waals surface area (Å²) in [7, 11) is -2.31. The van der Waals surface area contributed by atoms with Crippen LogP contribution in [0.5, 0.6) is 0 Å². The number of nitrogens with zero attached hydrogens (tertiary/aromatic N) is 2. The number of nitrogens with one attached hydrogen (secondary N) is 1. The molecule has 2 aromatic rings. The molecule has 0 radical (unpaired) electrons. The van der Waals surface area contributed by atoms with Gasteiger partial charge in [0.1, 0.15) is 10.5 Å². The summed E-state index contributed by atoms with van der Waals surface area (Å²) in [5, 5.41) is 3.47. The average molecular weight is 496 g/mol. The zero-order valence-corrected chi connectivity index (χ0v) is 21.1. The van der Waals surface area contributed by atoms with Gasteiger partial charge in [-0.25, -0.2) is 13.2 Å². The molecular formula is C23H30ClN3O5S. The van der Waals surface area contributed by atoms with E-state index in [1.807, 2.05) is 6.92 Å². The summed E-state index contributed by atoms with van der Waals surface area (Å²) in [5.41, 5.74) is 2.50. The number of piperidine rings is 1. The Hall–Kier alpha value is -2.36. The predicted molar refractivity (Wildman–Crippen MR) is 127 cm³/mol. The largest absolute Gasteiger partial charge is 0.462 e. The summed E-state index contributed by atoms with van der Waals surface area (Å²) in [4.78, 5) is 25.5. The number of halogens is 1. The van der Waals surface area contributed by atoms with Crippen LogP contribution >= 0.6 is 11.6 Å². The number of esters is 1. The number of aromatic nitrogens is 1. The fraction of sp³-hybridized carbons (Fsp3) is 0.478. The minimum Gasteiger partial charge on any atom is -0.462 e. The molecule has 1 amide bonds. The van der Waals surface area contributed by atoms with Crippen LogP contribution in [0, 0.1) is 26.7 Å². The van der Waals surface area contributed by atoms with Crippen molar-refractivity contribution in [2.45, 2.75) is 45.4 Å². The zero-order chi connectivity index (χ0) is 24.5. The molecule has 1 aromatic carbocycles. The normalized spacial score (nSPS) is 17.1. The van der Waals surface area contributed by atoms with Crippen molar-refractivity contribution in [3.05, 3.63) is 45.7 Å². The molecule has 2 heterocycles. The Morgan fingerprint density at radius 1 is 1.21 bits per heavy atom. The van der Waals surface area contributed by atoms with Crippen LogP contribution in [0.3, 0.4) is 0 Å². The lowest BCUT2D eigenvalue weighted by atomic mass is 9.98. The van der Waals surface area contributed by atoms with E-state index in [0.29, 0.717) is 34.9 Å². The van der Waals surface area contributed by atoms with Gasteiger partial charge in [-0.3, -0.25) is 4.79 Å². The van der Waals surface area contributed by atoms with Crippen LogP contribution in [0.1, 0.15) is 47.1 Å². The van der Waals surface area contributed by atoms with Crippen molar-refractivity contribution in [2.75, 3.05) is 25.0 Å². The molecule has 0 aliphatic carbocycles. The van der Waals surface area contributed by atoms with Crippen LogP contribution < -0.4 is 5.32 Å². The van der Waals surface area contributed by atoms with E-state index in [1.54, 1.807) is 50.6 Å². The van der Waals surface area contributed by atoms with Gasteiger partial charge in [-0.1, -0.05) is 11.6 Å². The van der Waals surface area contributed by atoms with Crippen LogP contribution in [0.2, 0.25) is 5.02 Å². The lowest BCUT2D eigenvalue weighted by Gasteiger charge is -2.31. The van der Waals surface area contributed by atoms with Crippen molar-refractivity contribution in [1.29, 1.82) is 0 Å².